The SMILES string of the molecule is Nc1nnc(-c2cc(F)ccc2O)cc1-c1ccccc1.Nc1nnc(Cl)cc1-c1ccccc1. The number of aromatic hydroxyl groups is 1. The minimum absolute atomic E-state index is 0.0607. The number of nitrogen functional groups attached to an aromatic ring is 2. The van der Waals surface area contributed by atoms with E-state index in [1.165, 1.54) is 18.2 Å². The third-order valence-corrected chi connectivity index (χ3v) is 5.20. The lowest BCUT2D eigenvalue weighted by Gasteiger charge is -2.08. The smallest absolute Gasteiger partial charge is 0.154 e. The molecule has 0 spiro atoms. The molecule has 0 amide bonds. The van der Waals surface area contributed by atoms with Crippen molar-refractivity contribution in [3.63, 3.8) is 0 Å². The van der Waals surface area contributed by atoms with Gasteiger partial charge < -0.3 is 16.6 Å². The zero-order chi connectivity index (χ0) is 24.8. The predicted octanol–water partition coefficient (Wildman–Crippen LogP) is 5.62. The number of hydrogen-bond acceptors (Lipinski definition) is 7. The van der Waals surface area contributed by atoms with Crippen molar-refractivity contribution < 1.29 is 9.50 Å². The van der Waals surface area contributed by atoms with Gasteiger partial charge in [0.2, 0.25) is 0 Å². The van der Waals surface area contributed by atoms with Gasteiger partial charge in [-0.25, -0.2) is 4.39 Å². The van der Waals surface area contributed by atoms with Gasteiger partial charge in [-0.1, -0.05) is 72.3 Å². The summed E-state index contributed by atoms with van der Waals surface area (Å²) < 4.78 is 13.4. The molecule has 5 aromatic rings. The molecule has 0 fully saturated rings. The molecule has 2 aromatic heterocycles. The number of phenolic OH excluding ortho intramolecular Hbond substituents is 1. The van der Waals surface area contributed by atoms with E-state index in [0.717, 1.165) is 16.7 Å². The van der Waals surface area contributed by atoms with Crippen molar-refractivity contribution in [2.45, 2.75) is 0 Å². The van der Waals surface area contributed by atoms with E-state index in [0.29, 0.717) is 22.2 Å². The average molecular weight is 487 g/mol. The maximum Gasteiger partial charge on any atom is 0.154 e. The summed E-state index contributed by atoms with van der Waals surface area (Å²) in [5.74, 6) is 0.151. The van der Waals surface area contributed by atoms with Gasteiger partial charge in [-0.15, -0.1) is 20.4 Å². The highest BCUT2D eigenvalue weighted by molar-refractivity contribution is 6.29. The van der Waals surface area contributed by atoms with E-state index in [-0.39, 0.29) is 17.1 Å². The largest absolute Gasteiger partial charge is 0.507 e. The third-order valence-electron chi connectivity index (χ3n) is 5.02. The average Bonchev–Trinajstić information content (AvgIpc) is 2.89. The van der Waals surface area contributed by atoms with Gasteiger partial charge in [-0.3, -0.25) is 0 Å². The van der Waals surface area contributed by atoms with Crippen LogP contribution in [0.1, 0.15) is 0 Å². The Morgan fingerprint density at radius 2 is 1.17 bits per heavy atom. The summed E-state index contributed by atoms with van der Waals surface area (Å²) in [7, 11) is 0. The number of benzene rings is 3. The number of phenols is 1. The Bertz CT molecular complexity index is 1450. The Morgan fingerprint density at radius 3 is 1.77 bits per heavy atom. The van der Waals surface area contributed by atoms with Gasteiger partial charge in [0.05, 0.1) is 5.69 Å². The number of halogens is 2. The first kappa shape index (κ1) is 23.6. The maximum absolute atomic E-state index is 13.4. The number of nitrogens with two attached hydrogens (primary N) is 2. The van der Waals surface area contributed by atoms with Crippen molar-refractivity contribution in [3.05, 3.63) is 102 Å². The molecule has 5 N–H and O–H groups in total. The molecule has 0 atom stereocenters. The van der Waals surface area contributed by atoms with Gasteiger partial charge in [0.15, 0.2) is 16.8 Å². The second-order valence-corrected chi connectivity index (χ2v) is 7.78. The lowest BCUT2D eigenvalue weighted by molar-refractivity contribution is 0.475. The Hall–Kier alpha value is -4.56. The van der Waals surface area contributed by atoms with Crippen LogP contribution in [0.5, 0.6) is 5.75 Å². The zero-order valence-corrected chi connectivity index (χ0v) is 19.1. The van der Waals surface area contributed by atoms with E-state index < -0.39 is 5.82 Å². The van der Waals surface area contributed by atoms with Crippen LogP contribution in [0.4, 0.5) is 16.0 Å². The van der Waals surface area contributed by atoms with Crippen LogP contribution in [0.25, 0.3) is 33.5 Å². The molecule has 9 heteroatoms. The van der Waals surface area contributed by atoms with E-state index >= 15 is 0 Å². The molecule has 0 saturated carbocycles. The molecule has 0 bridgehead atoms. The van der Waals surface area contributed by atoms with Crippen molar-refractivity contribution in [2.75, 3.05) is 11.5 Å². The molecule has 5 rings (SSSR count). The monoisotopic (exact) mass is 486 g/mol. The Kier molecular flexibility index (Phi) is 7.13. The van der Waals surface area contributed by atoms with Crippen LogP contribution < -0.4 is 11.5 Å². The number of rotatable bonds is 3. The summed E-state index contributed by atoms with van der Waals surface area (Å²) in [5.41, 5.74) is 15.5. The standard InChI is InChI=1S/C16H12FN3O.C10H8ClN3/c17-11-6-7-15(21)13(8-11)14-9-12(16(18)20-19-14)10-4-2-1-3-5-10;11-9-6-8(10(12)14-13-9)7-4-2-1-3-5-7/h1-9,21H,(H2,18,20);1-6H,(H2,12,14). The van der Waals surface area contributed by atoms with Crippen molar-refractivity contribution in [1.82, 2.24) is 20.4 Å². The van der Waals surface area contributed by atoms with Crippen molar-refractivity contribution in [2.24, 2.45) is 0 Å². The van der Waals surface area contributed by atoms with Crippen LogP contribution in [-0.4, -0.2) is 25.5 Å². The summed E-state index contributed by atoms with van der Waals surface area (Å²) in [5, 5.41) is 25.4. The van der Waals surface area contributed by atoms with Gasteiger partial charge >= 0.3 is 0 Å². The first-order valence-electron chi connectivity index (χ1n) is 10.4. The third kappa shape index (κ3) is 5.69. The molecule has 0 saturated heterocycles. The number of hydrogen-bond donors (Lipinski definition) is 3. The highest BCUT2D eigenvalue weighted by Gasteiger charge is 2.12. The predicted molar refractivity (Wildman–Crippen MR) is 136 cm³/mol. The van der Waals surface area contributed by atoms with Gasteiger partial charge in [0.25, 0.3) is 0 Å². The van der Waals surface area contributed by atoms with Crippen molar-refractivity contribution >= 4 is 23.2 Å². The van der Waals surface area contributed by atoms with Gasteiger partial charge in [0, 0.05) is 16.7 Å². The van der Waals surface area contributed by atoms with E-state index in [2.05, 4.69) is 20.4 Å². The van der Waals surface area contributed by atoms with Crippen LogP contribution >= 0.6 is 11.6 Å². The lowest BCUT2D eigenvalue weighted by Crippen LogP contribution is -1.98. The summed E-state index contributed by atoms with van der Waals surface area (Å²) in [4.78, 5) is 0. The molecular formula is C26H20ClFN6O. The molecule has 7 nitrogen and oxygen atoms in total. The van der Waals surface area contributed by atoms with Crippen molar-refractivity contribution in [1.29, 1.82) is 0 Å². The fraction of sp³-hybridized carbons (Fsp3) is 0. The van der Waals surface area contributed by atoms with E-state index in [1.807, 2.05) is 60.7 Å². The normalized spacial score (nSPS) is 10.3. The summed E-state index contributed by atoms with van der Waals surface area (Å²) in [6.07, 6.45) is 0. The summed E-state index contributed by atoms with van der Waals surface area (Å²) >= 11 is 5.74. The number of nitrogens with zero attached hydrogens (tertiary/aromatic N) is 4. The van der Waals surface area contributed by atoms with Crippen LogP contribution in [0.2, 0.25) is 5.15 Å². The zero-order valence-electron chi connectivity index (χ0n) is 18.3. The van der Waals surface area contributed by atoms with Crippen molar-refractivity contribution in [3.8, 4) is 39.3 Å². The molecule has 0 aliphatic rings. The molecular weight excluding hydrogens is 467 g/mol. The fourth-order valence-electron chi connectivity index (χ4n) is 3.32. The number of anilines is 2. The second kappa shape index (κ2) is 10.6. The Morgan fingerprint density at radius 1 is 0.629 bits per heavy atom. The minimum Gasteiger partial charge on any atom is -0.507 e. The quantitative estimate of drug-likeness (QED) is 0.302. The lowest BCUT2D eigenvalue weighted by atomic mass is 10.0. The Labute approximate surface area is 205 Å². The molecule has 35 heavy (non-hydrogen) atoms. The fourth-order valence-corrected chi connectivity index (χ4v) is 3.47. The maximum atomic E-state index is 13.4. The van der Waals surface area contributed by atoms with E-state index in [4.69, 9.17) is 23.1 Å². The summed E-state index contributed by atoms with van der Waals surface area (Å²) in [6.45, 7) is 0. The molecule has 0 unspecified atom stereocenters. The Balaban J connectivity index is 0.000000179. The summed E-state index contributed by atoms with van der Waals surface area (Å²) in [6, 6.07) is 26.2. The molecule has 2 heterocycles. The van der Waals surface area contributed by atoms with Gasteiger partial charge in [0.1, 0.15) is 11.6 Å². The number of aromatic nitrogens is 4. The van der Waals surface area contributed by atoms with E-state index in [9.17, 15) is 9.50 Å². The highest BCUT2D eigenvalue weighted by atomic mass is 35.5. The first-order chi connectivity index (χ1) is 16.9. The molecule has 0 radical (unpaired) electrons. The van der Waals surface area contributed by atoms with E-state index in [1.54, 1.807) is 12.1 Å². The van der Waals surface area contributed by atoms with Gasteiger partial charge in [-0.05, 0) is 41.5 Å². The molecule has 0 aliphatic carbocycles. The van der Waals surface area contributed by atoms with Crippen LogP contribution in [0, 0.1) is 5.82 Å². The second-order valence-electron chi connectivity index (χ2n) is 7.39. The van der Waals surface area contributed by atoms with Crippen LogP contribution in [0.15, 0.2) is 91.0 Å². The van der Waals surface area contributed by atoms with Crippen LogP contribution in [-0.2, 0) is 0 Å². The molecule has 0 aliphatic heterocycles. The minimum atomic E-state index is -0.456. The first-order valence-corrected chi connectivity index (χ1v) is 10.8. The molecule has 3 aromatic carbocycles. The van der Waals surface area contributed by atoms with Crippen LogP contribution in [0.3, 0.4) is 0 Å². The molecule has 174 valence electrons. The highest BCUT2D eigenvalue weighted by Crippen LogP contribution is 2.32. The van der Waals surface area contributed by atoms with Gasteiger partial charge in [-0.2, -0.15) is 0 Å². The topological polar surface area (TPSA) is 124 Å².